The smallest absolute Gasteiger partial charge is 0.246 e. The van der Waals surface area contributed by atoms with Gasteiger partial charge in [0, 0.05) is 28.2 Å². The number of halogens is 1. The Morgan fingerprint density at radius 3 is 2.71 bits per heavy atom. The molecule has 2 N–H and O–H groups in total. The van der Waals surface area contributed by atoms with Crippen LogP contribution < -0.4 is 10.6 Å². The molecule has 4 aliphatic rings. The number of likely N-dealkylation sites (tertiary alicyclic amines) is 1. The fourth-order valence-corrected chi connectivity index (χ4v) is 7.88. The van der Waals surface area contributed by atoms with Crippen LogP contribution in [0.1, 0.15) is 38.7 Å². The number of carbonyl (C=O) groups excluding carboxylic acids is 3. The van der Waals surface area contributed by atoms with E-state index in [4.69, 9.17) is 16.3 Å². The molecular formula is C32H36ClN3O4S. The molecule has 0 aromatic heterocycles. The standard InChI is InChI=1S/C32H36ClN3O4S/c1-18-8-6-13-24(19(18)2)35-30(38)28-32-15-14-25(40-32)26(29(37)34-21-10-7-11-22(16-21)41-3)27(32)31(39)36(28)17-20-9-4-5-12-23(20)33/h4-5,7,9-12,14-16,18-19,24-28H,6,8,13,17H2,1-3H3,(H,34,37)(H,35,38)/t18-,19+,24+,25-,26+,27-,28-,32-/m0/s1. The van der Waals surface area contributed by atoms with Crippen LogP contribution in [0.3, 0.4) is 0 Å². The number of carbonyl (C=O) groups is 3. The van der Waals surface area contributed by atoms with E-state index in [2.05, 4.69) is 24.5 Å². The number of benzene rings is 2. The van der Waals surface area contributed by atoms with Gasteiger partial charge < -0.3 is 20.3 Å². The summed E-state index contributed by atoms with van der Waals surface area (Å²) < 4.78 is 6.51. The van der Waals surface area contributed by atoms with Crippen molar-refractivity contribution in [3.05, 3.63) is 71.3 Å². The van der Waals surface area contributed by atoms with Gasteiger partial charge in [-0.2, -0.15) is 0 Å². The summed E-state index contributed by atoms with van der Waals surface area (Å²) in [5.74, 6) is -1.54. The lowest BCUT2D eigenvalue weighted by atomic mass is 9.73. The lowest BCUT2D eigenvalue weighted by Crippen LogP contribution is -2.57. The van der Waals surface area contributed by atoms with Gasteiger partial charge in [-0.1, -0.05) is 74.7 Å². The van der Waals surface area contributed by atoms with Crippen molar-refractivity contribution in [2.24, 2.45) is 23.7 Å². The minimum Gasteiger partial charge on any atom is -0.359 e. The highest BCUT2D eigenvalue weighted by Crippen LogP contribution is 2.55. The van der Waals surface area contributed by atoms with Crippen molar-refractivity contribution < 1.29 is 19.1 Å². The Labute approximate surface area is 250 Å². The minimum atomic E-state index is -1.22. The van der Waals surface area contributed by atoms with Crippen molar-refractivity contribution in [2.45, 2.75) is 68.3 Å². The molecule has 41 heavy (non-hydrogen) atoms. The average Bonchev–Trinajstić information content (AvgIpc) is 3.60. The highest BCUT2D eigenvalue weighted by atomic mass is 35.5. The molecule has 8 atom stereocenters. The van der Waals surface area contributed by atoms with Crippen LogP contribution in [0.2, 0.25) is 5.02 Å². The predicted molar refractivity (Wildman–Crippen MR) is 160 cm³/mol. The molecule has 2 aromatic rings. The summed E-state index contributed by atoms with van der Waals surface area (Å²) in [6.07, 6.45) is 8.18. The van der Waals surface area contributed by atoms with Gasteiger partial charge in [0.05, 0.1) is 17.9 Å². The van der Waals surface area contributed by atoms with Crippen molar-refractivity contribution >= 4 is 46.8 Å². The SMILES string of the molecule is CSc1cccc(NC(=O)[C@@H]2[C@@H]3C=C[C@]4(O3)[C@@H]2C(=O)N(Cc2ccccc2Cl)[C@H]4C(=O)N[C@@H]2CCC[C@H](C)[C@H]2C)c1. The monoisotopic (exact) mass is 593 g/mol. The van der Waals surface area contributed by atoms with Gasteiger partial charge in [0.1, 0.15) is 11.6 Å². The third-order valence-corrected chi connectivity index (χ3v) is 10.7. The number of rotatable bonds is 7. The summed E-state index contributed by atoms with van der Waals surface area (Å²) in [6.45, 7) is 4.56. The summed E-state index contributed by atoms with van der Waals surface area (Å²) >= 11 is 8.10. The first-order valence-electron chi connectivity index (χ1n) is 14.4. The number of hydrogen-bond donors (Lipinski definition) is 2. The molecule has 7 nitrogen and oxygen atoms in total. The Kier molecular flexibility index (Phi) is 7.68. The zero-order valence-corrected chi connectivity index (χ0v) is 25.1. The lowest BCUT2D eigenvalue weighted by molar-refractivity contribution is -0.142. The van der Waals surface area contributed by atoms with Crippen molar-refractivity contribution in [3.63, 3.8) is 0 Å². The summed E-state index contributed by atoms with van der Waals surface area (Å²) in [4.78, 5) is 44.9. The van der Waals surface area contributed by atoms with E-state index < -0.39 is 29.6 Å². The Morgan fingerprint density at radius 1 is 1.12 bits per heavy atom. The van der Waals surface area contributed by atoms with Gasteiger partial charge in [0.2, 0.25) is 17.7 Å². The van der Waals surface area contributed by atoms with E-state index in [1.807, 2.05) is 60.9 Å². The summed E-state index contributed by atoms with van der Waals surface area (Å²) in [6, 6.07) is 14.0. The van der Waals surface area contributed by atoms with Gasteiger partial charge in [-0.25, -0.2) is 0 Å². The first-order valence-corrected chi connectivity index (χ1v) is 16.0. The fraction of sp³-hybridized carbons (Fsp3) is 0.469. The summed E-state index contributed by atoms with van der Waals surface area (Å²) in [5.41, 5.74) is 0.181. The molecule has 2 saturated heterocycles. The number of anilines is 1. The van der Waals surface area contributed by atoms with Crippen molar-refractivity contribution in [2.75, 3.05) is 11.6 Å². The molecule has 1 aliphatic carbocycles. The summed E-state index contributed by atoms with van der Waals surface area (Å²) in [5, 5.41) is 6.83. The molecule has 216 valence electrons. The minimum absolute atomic E-state index is 0.0179. The van der Waals surface area contributed by atoms with E-state index in [0.29, 0.717) is 22.5 Å². The Bertz CT molecular complexity index is 1400. The quantitative estimate of drug-likeness (QED) is 0.336. The highest BCUT2D eigenvalue weighted by molar-refractivity contribution is 7.98. The molecule has 0 radical (unpaired) electrons. The van der Waals surface area contributed by atoms with E-state index in [-0.39, 0.29) is 30.3 Å². The molecule has 1 saturated carbocycles. The normalized spacial score (nSPS) is 33.6. The van der Waals surface area contributed by atoms with Crippen molar-refractivity contribution in [1.29, 1.82) is 0 Å². The van der Waals surface area contributed by atoms with E-state index in [1.54, 1.807) is 22.7 Å². The van der Waals surface area contributed by atoms with Gasteiger partial charge in [0.25, 0.3) is 0 Å². The number of amides is 3. The molecule has 9 heteroatoms. The van der Waals surface area contributed by atoms with Crippen LogP contribution in [0, 0.1) is 23.7 Å². The van der Waals surface area contributed by atoms with Crippen LogP contribution in [0.4, 0.5) is 5.69 Å². The molecule has 0 unspecified atom stereocenters. The molecule has 3 fully saturated rings. The van der Waals surface area contributed by atoms with E-state index in [0.717, 1.165) is 29.7 Å². The number of thioether (sulfide) groups is 1. The van der Waals surface area contributed by atoms with Crippen LogP contribution >= 0.6 is 23.4 Å². The molecule has 1 spiro atoms. The van der Waals surface area contributed by atoms with E-state index in [1.165, 1.54) is 0 Å². The first-order chi connectivity index (χ1) is 19.7. The van der Waals surface area contributed by atoms with Crippen molar-refractivity contribution in [1.82, 2.24) is 10.2 Å². The van der Waals surface area contributed by atoms with Gasteiger partial charge in [0.15, 0.2) is 0 Å². The van der Waals surface area contributed by atoms with Crippen molar-refractivity contribution in [3.8, 4) is 0 Å². The largest absolute Gasteiger partial charge is 0.359 e. The van der Waals surface area contributed by atoms with Gasteiger partial charge in [-0.3, -0.25) is 14.4 Å². The third kappa shape index (κ3) is 4.88. The average molecular weight is 594 g/mol. The van der Waals surface area contributed by atoms with Crippen LogP contribution in [0.15, 0.2) is 65.6 Å². The van der Waals surface area contributed by atoms with Gasteiger partial charge >= 0.3 is 0 Å². The molecule has 3 aliphatic heterocycles. The molecule has 2 aromatic carbocycles. The van der Waals surface area contributed by atoms with Gasteiger partial charge in [-0.05, 0) is 54.3 Å². The van der Waals surface area contributed by atoms with Gasteiger partial charge in [-0.15, -0.1) is 11.8 Å². The Balaban J connectivity index is 1.33. The molecule has 3 heterocycles. The van der Waals surface area contributed by atoms with E-state index in [9.17, 15) is 14.4 Å². The maximum Gasteiger partial charge on any atom is 0.246 e. The zero-order valence-electron chi connectivity index (χ0n) is 23.5. The topological polar surface area (TPSA) is 87.7 Å². The predicted octanol–water partition coefficient (Wildman–Crippen LogP) is 5.29. The fourth-order valence-electron chi connectivity index (χ4n) is 7.22. The molecular weight excluding hydrogens is 558 g/mol. The number of hydrogen-bond acceptors (Lipinski definition) is 5. The number of nitrogens with one attached hydrogen (secondary N) is 2. The summed E-state index contributed by atoms with van der Waals surface area (Å²) in [7, 11) is 0. The first kappa shape index (κ1) is 28.3. The second-order valence-corrected chi connectivity index (χ2v) is 13.1. The molecule has 6 rings (SSSR count). The van der Waals surface area contributed by atoms with E-state index >= 15 is 0 Å². The van der Waals surface area contributed by atoms with Crippen LogP contribution in [-0.2, 0) is 25.7 Å². The van der Waals surface area contributed by atoms with Crippen LogP contribution in [0.5, 0.6) is 0 Å². The second kappa shape index (κ2) is 11.1. The Hall–Kier alpha value is -2.81. The second-order valence-electron chi connectivity index (χ2n) is 11.9. The third-order valence-electron chi connectivity index (χ3n) is 9.60. The highest BCUT2D eigenvalue weighted by Gasteiger charge is 2.72. The lowest BCUT2D eigenvalue weighted by Gasteiger charge is -2.38. The zero-order chi connectivity index (χ0) is 28.9. The molecule has 3 amide bonds. The van der Waals surface area contributed by atoms with Crippen LogP contribution in [0.25, 0.3) is 0 Å². The number of ether oxygens (including phenoxy) is 1. The number of fused-ring (bicyclic) bond motifs is 1. The number of nitrogens with zero attached hydrogens (tertiary/aromatic N) is 1. The Morgan fingerprint density at radius 2 is 1.93 bits per heavy atom. The van der Waals surface area contributed by atoms with Crippen LogP contribution in [-0.4, -0.2) is 52.7 Å². The maximum absolute atomic E-state index is 14.3. The molecule has 2 bridgehead atoms. The maximum atomic E-state index is 14.3.